The first-order chi connectivity index (χ1) is 8.63. The summed E-state index contributed by atoms with van der Waals surface area (Å²) in [5.41, 5.74) is 0.417. The number of carbonyl (C=O) groups is 1. The van der Waals surface area contributed by atoms with E-state index in [1.165, 1.54) is 24.3 Å². The largest absolute Gasteiger partial charge is 0.462 e. The van der Waals surface area contributed by atoms with Crippen molar-refractivity contribution in [3.8, 4) is 0 Å². The molecule has 2 aromatic rings. The van der Waals surface area contributed by atoms with Gasteiger partial charge in [-0.2, -0.15) is 0 Å². The van der Waals surface area contributed by atoms with Gasteiger partial charge in [-0.05, 0) is 43.3 Å². The lowest BCUT2D eigenvalue weighted by atomic mass is 10.3. The van der Waals surface area contributed by atoms with Crippen LogP contribution in [-0.4, -0.2) is 5.91 Å². The highest BCUT2D eigenvalue weighted by Crippen LogP contribution is 2.10. The maximum absolute atomic E-state index is 12.9. The van der Waals surface area contributed by atoms with Crippen molar-refractivity contribution in [3.63, 3.8) is 0 Å². The van der Waals surface area contributed by atoms with Gasteiger partial charge in [-0.25, -0.2) is 4.39 Å². The van der Waals surface area contributed by atoms with Crippen LogP contribution in [0.5, 0.6) is 0 Å². The Morgan fingerprint density at radius 1 is 1.33 bits per heavy atom. The molecule has 3 nitrogen and oxygen atoms in total. The predicted octanol–water partition coefficient (Wildman–Crippen LogP) is 3.38. The summed E-state index contributed by atoms with van der Waals surface area (Å²) < 4.78 is 18.2. The van der Waals surface area contributed by atoms with E-state index in [1.807, 2.05) is 13.0 Å². The molecule has 0 fully saturated rings. The molecule has 0 radical (unpaired) electrons. The van der Waals surface area contributed by atoms with Crippen LogP contribution in [0.4, 0.5) is 10.1 Å². The summed E-state index contributed by atoms with van der Waals surface area (Å²) in [5.74, 6) is 0.648. The van der Waals surface area contributed by atoms with Crippen LogP contribution in [0.1, 0.15) is 11.5 Å². The van der Waals surface area contributed by atoms with Gasteiger partial charge in [0.05, 0.1) is 0 Å². The Hall–Kier alpha value is -2.36. The first kappa shape index (κ1) is 12.1. The number of rotatable bonds is 3. The van der Waals surface area contributed by atoms with Gasteiger partial charge in [0.1, 0.15) is 17.3 Å². The SMILES string of the molecule is Cc1ccc(C=CC(=O)Nc2cccc(F)c2)o1. The van der Waals surface area contributed by atoms with Crippen molar-refractivity contribution in [1.82, 2.24) is 0 Å². The van der Waals surface area contributed by atoms with Crippen molar-refractivity contribution in [3.05, 3.63) is 59.8 Å². The highest BCUT2D eigenvalue weighted by atomic mass is 19.1. The third-order valence-corrected chi connectivity index (χ3v) is 2.25. The Bertz CT molecular complexity index is 587. The van der Waals surface area contributed by atoms with Gasteiger partial charge in [0.25, 0.3) is 0 Å². The van der Waals surface area contributed by atoms with E-state index in [0.717, 1.165) is 5.76 Å². The van der Waals surface area contributed by atoms with Gasteiger partial charge in [0.2, 0.25) is 5.91 Å². The monoisotopic (exact) mass is 245 g/mol. The van der Waals surface area contributed by atoms with Gasteiger partial charge in [-0.1, -0.05) is 6.07 Å². The molecule has 1 aromatic heterocycles. The summed E-state index contributed by atoms with van der Waals surface area (Å²) in [7, 11) is 0. The predicted molar refractivity (Wildman–Crippen MR) is 67.5 cm³/mol. The number of hydrogen-bond acceptors (Lipinski definition) is 2. The Morgan fingerprint density at radius 2 is 2.17 bits per heavy atom. The molecule has 0 saturated carbocycles. The lowest BCUT2D eigenvalue weighted by Gasteiger charge is -2.00. The summed E-state index contributed by atoms with van der Waals surface area (Å²) in [5, 5.41) is 2.55. The van der Waals surface area contributed by atoms with Crippen LogP contribution >= 0.6 is 0 Å². The lowest BCUT2D eigenvalue weighted by Crippen LogP contribution is -2.07. The smallest absolute Gasteiger partial charge is 0.248 e. The van der Waals surface area contributed by atoms with Crippen molar-refractivity contribution >= 4 is 17.7 Å². The summed E-state index contributed by atoms with van der Waals surface area (Å²) in [4.78, 5) is 11.5. The molecule has 0 aliphatic rings. The van der Waals surface area contributed by atoms with Crippen LogP contribution in [-0.2, 0) is 4.79 Å². The van der Waals surface area contributed by atoms with E-state index in [1.54, 1.807) is 18.2 Å². The molecule has 1 heterocycles. The van der Waals surface area contributed by atoms with Crippen LogP contribution in [0.25, 0.3) is 6.08 Å². The number of aryl methyl sites for hydroxylation is 1. The third kappa shape index (κ3) is 3.31. The average Bonchev–Trinajstić information content (AvgIpc) is 2.73. The van der Waals surface area contributed by atoms with Gasteiger partial charge in [0, 0.05) is 11.8 Å². The molecule has 1 aromatic carbocycles. The fourth-order valence-electron chi connectivity index (χ4n) is 1.45. The summed E-state index contributed by atoms with van der Waals surface area (Å²) >= 11 is 0. The average molecular weight is 245 g/mol. The van der Waals surface area contributed by atoms with Crippen LogP contribution in [0.2, 0.25) is 0 Å². The van der Waals surface area contributed by atoms with E-state index in [4.69, 9.17) is 4.42 Å². The van der Waals surface area contributed by atoms with Crippen molar-refractivity contribution in [2.45, 2.75) is 6.92 Å². The van der Waals surface area contributed by atoms with E-state index in [-0.39, 0.29) is 5.91 Å². The molecule has 18 heavy (non-hydrogen) atoms. The van der Waals surface area contributed by atoms with Crippen molar-refractivity contribution in [2.24, 2.45) is 0 Å². The molecule has 1 N–H and O–H groups in total. The maximum atomic E-state index is 12.9. The minimum absolute atomic E-state index is 0.338. The Balaban J connectivity index is 1.98. The topological polar surface area (TPSA) is 42.2 Å². The highest BCUT2D eigenvalue weighted by molar-refractivity contribution is 6.01. The molecule has 0 aliphatic carbocycles. The first-order valence-electron chi connectivity index (χ1n) is 5.44. The zero-order chi connectivity index (χ0) is 13.0. The molecule has 1 amide bonds. The second kappa shape index (κ2) is 5.31. The molecule has 4 heteroatoms. The van der Waals surface area contributed by atoms with E-state index in [9.17, 15) is 9.18 Å². The number of furan rings is 1. The molecular weight excluding hydrogens is 233 g/mol. The molecule has 2 rings (SSSR count). The zero-order valence-corrected chi connectivity index (χ0v) is 9.81. The lowest BCUT2D eigenvalue weighted by molar-refractivity contribution is -0.111. The quantitative estimate of drug-likeness (QED) is 0.842. The molecule has 92 valence electrons. The summed E-state index contributed by atoms with van der Waals surface area (Å²) in [6, 6.07) is 9.29. The first-order valence-corrected chi connectivity index (χ1v) is 5.44. The normalized spacial score (nSPS) is 10.8. The number of amides is 1. The second-order valence-electron chi connectivity index (χ2n) is 3.78. The van der Waals surface area contributed by atoms with Crippen molar-refractivity contribution in [1.29, 1.82) is 0 Å². The van der Waals surface area contributed by atoms with E-state index in [2.05, 4.69) is 5.32 Å². The highest BCUT2D eigenvalue weighted by Gasteiger charge is 2.00. The molecule has 0 bridgehead atoms. The molecule has 0 saturated heterocycles. The zero-order valence-electron chi connectivity index (χ0n) is 9.81. The minimum atomic E-state index is -0.390. The van der Waals surface area contributed by atoms with Gasteiger partial charge in [-0.3, -0.25) is 4.79 Å². The number of nitrogens with one attached hydrogen (secondary N) is 1. The Kier molecular flexibility index (Phi) is 3.57. The van der Waals surface area contributed by atoms with E-state index in [0.29, 0.717) is 11.4 Å². The van der Waals surface area contributed by atoms with Crippen molar-refractivity contribution < 1.29 is 13.6 Å². The minimum Gasteiger partial charge on any atom is -0.462 e. The number of benzene rings is 1. The standard InChI is InChI=1S/C14H12FNO2/c1-10-5-6-13(18-10)7-8-14(17)16-12-4-2-3-11(15)9-12/h2-9H,1H3,(H,16,17). The van der Waals surface area contributed by atoms with Gasteiger partial charge in [-0.15, -0.1) is 0 Å². The van der Waals surface area contributed by atoms with Gasteiger partial charge >= 0.3 is 0 Å². The summed E-state index contributed by atoms with van der Waals surface area (Å²) in [6.07, 6.45) is 2.89. The fourth-order valence-corrected chi connectivity index (χ4v) is 1.45. The molecule has 0 atom stereocenters. The van der Waals surface area contributed by atoms with Crippen molar-refractivity contribution in [2.75, 3.05) is 5.32 Å². The number of carbonyl (C=O) groups excluding carboxylic acids is 1. The van der Waals surface area contributed by atoms with E-state index >= 15 is 0 Å². The summed E-state index contributed by atoms with van der Waals surface area (Å²) in [6.45, 7) is 1.82. The molecule has 0 unspecified atom stereocenters. The molecule has 0 spiro atoms. The van der Waals surface area contributed by atoms with E-state index < -0.39 is 5.82 Å². The van der Waals surface area contributed by atoms with Gasteiger partial charge in [0.15, 0.2) is 0 Å². The number of halogens is 1. The maximum Gasteiger partial charge on any atom is 0.248 e. The number of anilines is 1. The van der Waals surface area contributed by atoms with Crippen LogP contribution in [0.15, 0.2) is 46.9 Å². The Labute approximate surface area is 104 Å². The number of hydrogen-bond donors (Lipinski definition) is 1. The fraction of sp³-hybridized carbons (Fsp3) is 0.0714. The van der Waals surface area contributed by atoms with Crippen LogP contribution in [0, 0.1) is 12.7 Å². The Morgan fingerprint density at radius 3 is 2.83 bits per heavy atom. The van der Waals surface area contributed by atoms with Crippen LogP contribution < -0.4 is 5.32 Å². The molecule has 0 aliphatic heterocycles. The van der Waals surface area contributed by atoms with Gasteiger partial charge < -0.3 is 9.73 Å². The molecular formula is C14H12FNO2. The third-order valence-electron chi connectivity index (χ3n) is 2.25. The second-order valence-corrected chi connectivity index (χ2v) is 3.78. The van der Waals surface area contributed by atoms with Crippen LogP contribution in [0.3, 0.4) is 0 Å².